The molecule has 1 aromatic carbocycles. The van der Waals surface area contributed by atoms with Crippen molar-refractivity contribution in [1.82, 2.24) is 10.0 Å². The molecule has 0 heterocycles. The van der Waals surface area contributed by atoms with Crippen molar-refractivity contribution in [3.05, 3.63) is 29.8 Å². The molecule has 2 N–H and O–H groups in total. The van der Waals surface area contributed by atoms with Crippen LogP contribution in [0.3, 0.4) is 0 Å². The summed E-state index contributed by atoms with van der Waals surface area (Å²) in [4.78, 5) is 23.2. The van der Waals surface area contributed by atoms with E-state index in [0.717, 1.165) is 5.56 Å². The third-order valence-corrected chi connectivity index (χ3v) is 4.37. The van der Waals surface area contributed by atoms with Gasteiger partial charge in [-0.3, -0.25) is 9.59 Å². The highest BCUT2D eigenvalue weighted by atomic mass is 32.2. The lowest BCUT2D eigenvalue weighted by Gasteiger charge is -2.14. The van der Waals surface area contributed by atoms with Crippen molar-refractivity contribution in [2.24, 2.45) is 0 Å². The largest absolute Gasteiger partial charge is 0.454 e. The Bertz CT molecular complexity index is 653. The van der Waals surface area contributed by atoms with Gasteiger partial charge in [-0.2, -0.15) is 4.72 Å². The predicted molar refractivity (Wildman–Crippen MR) is 85.2 cm³/mol. The molecule has 128 valence electrons. The van der Waals surface area contributed by atoms with E-state index < -0.39 is 34.5 Å². The second-order valence-corrected chi connectivity index (χ2v) is 7.20. The van der Waals surface area contributed by atoms with Gasteiger partial charge >= 0.3 is 5.97 Å². The molecule has 7 nitrogen and oxygen atoms in total. The number of hydrogen-bond donors (Lipinski definition) is 2. The summed E-state index contributed by atoms with van der Waals surface area (Å²) in [5.74, 6) is -1.26. The van der Waals surface area contributed by atoms with Crippen LogP contribution >= 0.6 is 0 Å². The summed E-state index contributed by atoms with van der Waals surface area (Å²) in [6.45, 7) is 6.30. The molecule has 1 atom stereocenters. The Morgan fingerprint density at radius 1 is 1.13 bits per heavy atom. The summed E-state index contributed by atoms with van der Waals surface area (Å²) >= 11 is 0. The number of benzene rings is 1. The van der Waals surface area contributed by atoms with Gasteiger partial charge < -0.3 is 10.1 Å². The zero-order valence-electron chi connectivity index (χ0n) is 13.6. The van der Waals surface area contributed by atoms with Crippen LogP contribution in [0, 0.1) is 6.92 Å². The number of ether oxygens (including phenoxy) is 1. The molecule has 8 heteroatoms. The van der Waals surface area contributed by atoms with Gasteiger partial charge in [0.25, 0.3) is 5.91 Å². The average Bonchev–Trinajstić information content (AvgIpc) is 2.44. The smallest absolute Gasteiger partial charge is 0.324 e. The number of amides is 1. The number of aryl methyl sites for hydroxylation is 1. The SMILES string of the molecule is Cc1ccc(S(=O)(=O)N[C@@H](C)C(=O)OCC(=O)NC(C)C)cc1. The minimum absolute atomic E-state index is 0.0558. The van der Waals surface area contributed by atoms with E-state index in [1.807, 2.05) is 6.92 Å². The van der Waals surface area contributed by atoms with Gasteiger partial charge in [0.15, 0.2) is 6.61 Å². The fourth-order valence-corrected chi connectivity index (χ4v) is 2.88. The molecule has 0 unspecified atom stereocenters. The number of sulfonamides is 1. The lowest BCUT2D eigenvalue weighted by atomic mass is 10.2. The van der Waals surface area contributed by atoms with Gasteiger partial charge in [-0.15, -0.1) is 0 Å². The molecule has 1 amide bonds. The van der Waals surface area contributed by atoms with E-state index in [2.05, 4.69) is 10.0 Å². The first-order valence-corrected chi connectivity index (χ1v) is 8.65. The second kappa shape index (κ2) is 8.07. The van der Waals surface area contributed by atoms with Crippen molar-refractivity contribution in [1.29, 1.82) is 0 Å². The highest BCUT2D eigenvalue weighted by molar-refractivity contribution is 7.89. The maximum Gasteiger partial charge on any atom is 0.324 e. The molecule has 0 spiro atoms. The number of nitrogens with one attached hydrogen (secondary N) is 2. The lowest BCUT2D eigenvalue weighted by molar-refractivity contribution is -0.149. The first kappa shape index (κ1) is 19.1. The fourth-order valence-electron chi connectivity index (χ4n) is 1.69. The zero-order chi connectivity index (χ0) is 17.6. The summed E-state index contributed by atoms with van der Waals surface area (Å²) in [5.41, 5.74) is 0.924. The van der Waals surface area contributed by atoms with E-state index in [4.69, 9.17) is 4.74 Å². The van der Waals surface area contributed by atoms with Crippen LogP contribution in [0.15, 0.2) is 29.2 Å². The van der Waals surface area contributed by atoms with E-state index in [0.29, 0.717) is 0 Å². The van der Waals surface area contributed by atoms with Crippen LogP contribution < -0.4 is 10.0 Å². The molecule has 0 saturated heterocycles. The molecule has 0 aliphatic heterocycles. The molecule has 0 saturated carbocycles. The fraction of sp³-hybridized carbons (Fsp3) is 0.467. The molecular formula is C15H22N2O5S. The number of esters is 1. The minimum atomic E-state index is -3.83. The minimum Gasteiger partial charge on any atom is -0.454 e. The summed E-state index contributed by atoms with van der Waals surface area (Å²) < 4.78 is 31.3. The third kappa shape index (κ3) is 6.37. The number of rotatable bonds is 7. The van der Waals surface area contributed by atoms with E-state index in [1.54, 1.807) is 26.0 Å². The van der Waals surface area contributed by atoms with Gasteiger partial charge in [0, 0.05) is 6.04 Å². The van der Waals surface area contributed by atoms with E-state index in [-0.39, 0.29) is 10.9 Å². The lowest BCUT2D eigenvalue weighted by Crippen LogP contribution is -2.41. The van der Waals surface area contributed by atoms with Crippen LogP contribution in [-0.4, -0.2) is 39.0 Å². The predicted octanol–water partition coefficient (Wildman–Crippen LogP) is 0.730. The van der Waals surface area contributed by atoms with Crippen molar-refractivity contribution in [3.8, 4) is 0 Å². The number of carbonyl (C=O) groups excluding carboxylic acids is 2. The third-order valence-electron chi connectivity index (χ3n) is 2.81. The van der Waals surface area contributed by atoms with E-state index in [9.17, 15) is 18.0 Å². The Morgan fingerprint density at radius 3 is 2.22 bits per heavy atom. The Kier molecular flexibility index (Phi) is 6.71. The molecular weight excluding hydrogens is 320 g/mol. The first-order valence-electron chi connectivity index (χ1n) is 7.17. The van der Waals surface area contributed by atoms with Gasteiger partial charge in [0.2, 0.25) is 10.0 Å². The van der Waals surface area contributed by atoms with E-state index in [1.165, 1.54) is 19.1 Å². The zero-order valence-corrected chi connectivity index (χ0v) is 14.4. The van der Waals surface area contributed by atoms with Crippen molar-refractivity contribution < 1.29 is 22.7 Å². The van der Waals surface area contributed by atoms with Gasteiger partial charge in [-0.25, -0.2) is 8.42 Å². The molecule has 0 fully saturated rings. The Labute approximate surface area is 136 Å². The van der Waals surface area contributed by atoms with Gasteiger partial charge in [-0.1, -0.05) is 17.7 Å². The van der Waals surface area contributed by atoms with Crippen molar-refractivity contribution >= 4 is 21.9 Å². The molecule has 1 rings (SSSR count). The average molecular weight is 342 g/mol. The second-order valence-electron chi connectivity index (χ2n) is 5.49. The van der Waals surface area contributed by atoms with Crippen LogP contribution in [0.1, 0.15) is 26.3 Å². The summed E-state index contributed by atoms with van der Waals surface area (Å²) in [7, 11) is -3.83. The highest BCUT2D eigenvalue weighted by Gasteiger charge is 2.23. The Balaban J connectivity index is 2.60. The maximum atomic E-state index is 12.1. The van der Waals surface area contributed by atoms with Crippen LogP contribution in [-0.2, 0) is 24.3 Å². The molecule has 0 aliphatic carbocycles. The molecule has 0 aliphatic rings. The van der Waals surface area contributed by atoms with Crippen LogP contribution in [0.25, 0.3) is 0 Å². The number of carbonyl (C=O) groups is 2. The normalized spacial score (nSPS) is 12.7. The topological polar surface area (TPSA) is 102 Å². The Hall–Kier alpha value is -1.93. The molecule has 0 aromatic heterocycles. The summed E-state index contributed by atoms with van der Waals surface area (Å²) in [6.07, 6.45) is 0. The van der Waals surface area contributed by atoms with Gasteiger partial charge in [0.05, 0.1) is 4.90 Å². The van der Waals surface area contributed by atoms with Crippen molar-refractivity contribution in [2.75, 3.05) is 6.61 Å². The summed E-state index contributed by atoms with van der Waals surface area (Å²) in [5, 5.41) is 2.56. The molecule has 1 aromatic rings. The van der Waals surface area contributed by atoms with E-state index >= 15 is 0 Å². The number of hydrogen-bond acceptors (Lipinski definition) is 5. The van der Waals surface area contributed by atoms with Crippen molar-refractivity contribution in [3.63, 3.8) is 0 Å². The van der Waals surface area contributed by atoms with Crippen LogP contribution in [0.5, 0.6) is 0 Å². The van der Waals surface area contributed by atoms with Gasteiger partial charge in [-0.05, 0) is 39.8 Å². The molecule has 0 radical (unpaired) electrons. The Morgan fingerprint density at radius 2 is 1.70 bits per heavy atom. The monoisotopic (exact) mass is 342 g/mol. The van der Waals surface area contributed by atoms with Crippen LogP contribution in [0.2, 0.25) is 0 Å². The highest BCUT2D eigenvalue weighted by Crippen LogP contribution is 2.10. The summed E-state index contributed by atoms with van der Waals surface area (Å²) in [6, 6.07) is 5.05. The standard InChI is InChI=1S/C15H22N2O5S/c1-10(2)16-14(18)9-22-15(19)12(4)17-23(20,21)13-7-5-11(3)6-8-13/h5-8,10,12,17H,9H2,1-4H3,(H,16,18)/t12-/m0/s1. The quantitative estimate of drug-likeness (QED) is 0.711. The van der Waals surface area contributed by atoms with Crippen LogP contribution in [0.4, 0.5) is 0 Å². The van der Waals surface area contributed by atoms with Gasteiger partial charge in [0.1, 0.15) is 6.04 Å². The maximum absolute atomic E-state index is 12.1. The molecule has 23 heavy (non-hydrogen) atoms. The van der Waals surface area contributed by atoms with Crippen molar-refractivity contribution in [2.45, 2.75) is 44.7 Å². The first-order chi connectivity index (χ1) is 10.6. The molecule has 0 bridgehead atoms.